The van der Waals surface area contributed by atoms with E-state index in [2.05, 4.69) is 5.43 Å². The first kappa shape index (κ1) is 17.8. The average molecular weight is 308 g/mol. The van der Waals surface area contributed by atoms with Gasteiger partial charge in [-0.3, -0.25) is 0 Å². The topological polar surface area (TPSA) is 67.9 Å². The fourth-order valence-electron chi connectivity index (χ4n) is 2.17. The number of nitrogens with one attached hydrogen (secondary N) is 1. The summed E-state index contributed by atoms with van der Waals surface area (Å²) in [5.74, 6) is 0.0636. The lowest BCUT2D eigenvalue weighted by Gasteiger charge is -2.33. The molecule has 0 fully saturated rings. The molecule has 0 aliphatic carbocycles. The summed E-state index contributed by atoms with van der Waals surface area (Å²) in [4.78, 5) is 24.0. The van der Waals surface area contributed by atoms with Crippen molar-refractivity contribution in [3.63, 3.8) is 0 Å². The van der Waals surface area contributed by atoms with Crippen molar-refractivity contribution in [3.05, 3.63) is 35.9 Å². The van der Waals surface area contributed by atoms with Crippen molar-refractivity contribution in [2.45, 2.75) is 33.7 Å². The summed E-state index contributed by atoms with van der Waals surface area (Å²) in [5.41, 5.74) is 3.39. The smallest absolute Gasteiger partial charge is 0.429 e. The monoisotopic (exact) mass is 308 g/mol. The average Bonchev–Trinajstić information content (AvgIpc) is 2.48. The second kappa shape index (κ2) is 8.92. The van der Waals surface area contributed by atoms with Crippen LogP contribution in [0.25, 0.3) is 0 Å². The minimum absolute atomic E-state index is 0.0636. The van der Waals surface area contributed by atoms with Crippen LogP contribution in [0.2, 0.25) is 0 Å². The van der Waals surface area contributed by atoms with Crippen molar-refractivity contribution in [1.29, 1.82) is 0 Å². The van der Waals surface area contributed by atoms with Crippen LogP contribution in [-0.2, 0) is 9.47 Å². The van der Waals surface area contributed by atoms with Gasteiger partial charge < -0.3 is 9.47 Å². The third kappa shape index (κ3) is 4.95. The largest absolute Gasteiger partial charge is 0.449 e. The first-order chi connectivity index (χ1) is 10.5. The van der Waals surface area contributed by atoms with Crippen molar-refractivity contribution in [2.75, 3.05) is 13.2 Å². The van der Waals surface area contributed by atoms with E-state index >= 15 is 0 Å². The minimum Gasteiger partial charge on any atom is -0.449 e. The van der Waals surface area contributed by atoms with Crippen LogP contribution >= 0.6 is 0 Å². The number of benzene rings is 1. The fraction of sp³-hybridized carbons (Fsp3) is 0.500. The van der Waals surface area contributed by atoms with Crippen LogP contribution in [0.3, 0.4) is 0 Å². The molecule has 0 saturated carbocycles. The van der Waals surface area contributed by atoms with Crippen molar-refractivity contribution in [3.8, 4) is 0 Å². The summed E-state index contributed by atoms with van der Waals surface area (Å²) in [7, 11) is 0. The number of hydrazine groups is 1. The summed E-state index contributed by atoms with van der Waals surface area (Å²) in [5, 5.41) is 1.20. The summed E-state index contributed by atoms with van der Waals surface area (Å²) >= 11 is 0. The molecule has 1 rings (SSSR count). The highest BCUT2D eigenvalue weighted by Crippen LogP contribution is 2.27. The molecule has 6 heteroatoms. The normalized spacial score (nSPS) is 11.7. The zero-order chi connectivity index (χ0) is 16.5. The quantitative estimate of drug-likeness (QED) is 0.845. The zero-order valence-corrected chi connectivity index (χ0v) is 13.5. The van der Waals surface area contributed by atoms with Gasteiger partial charge in [-0.1, -0.05) is 44.2 Å². The van der Waals surface area contributed by atoms with Crippen LogP contribution in [0, 0.1) is 5.92 Å². The SMILES string of the molecule is CCOC(=O)NN(C(=O)OCC)C(c1ccccc1)C(C)C. The van der Waals surface area contributed by atoms with E-state index in [1.54, 1.807) is 13.8 Å². The van der Waals surface area contributed by atoms with E-state index in [0.717, 1.165) is 5.56 Å². The van der Waals surface area contributed by atoms with Crippen molar-refractivity contribution >= 4 is 12.2 Å². The maximum atomic E-state index is 12.2. The number of rotatable bonds is 5. The third-order valence-corrected chi connectivity index (χ3v) is 3.00. The number of amides is 2. The lowest BCUT2D eigenvalue weighted by atomic mass is 9.96. The Labute approximate surface area is 131 Å². The summed E-state index contributed by atoms with van der Waals surface area (Å²) in [6.07, 6.45) is -1.30. The molecule has 0 saturated heterocycles. The predicted molar refractivity (Wildman–Crippen MR) is 83.0 cm³/mol. The van der Waals surface area contributed by atoms with Gasteiger partial charge in [0.15, 0.2) is 0 Å². The molecular weight excluding hydrogens is 284 g/mol. The molecule has 1 atom stereocenters. The first-order valence-corrected chi connectivity index (χ1v) is 7.45. The Balaban J connectivity index is 3.08. The van der Waals surface area contributed by atoms with E-state index in [4.69, 9.17) is 9.47 Å². The van der Waals surface area contributed by atoms with E-state index in [0.29, 0.717) is 0 Å². The lowest BCUT2D eigenvalue weighted by molar-refractivity contribution is 0.0439. The lowest BCUT2D eigenvalue weighted by Crippen LogP contribution is -2.50. The standard InChI is InChI=1S/C16H24N2O4/c1-5-21-15(19)17-18(16(20)22-6-2)14(12(3)4)13-10-8-7-9-11-13/h7-12,14H,5-6H2,1-4H3,(H,17,19). The Morgan fingerprint density at radius 2 is 1.68 bits per heavy atom. The summed E-state index contributed by atoms with van der Waals surface area (Å²) < 4.78 is 9.92. The Bertz CT molecular complexity index is 476. The number of hydrogen-bond acceptors (Lipinski definition) is 4. The Hall–Kier alpha value is -2.24. The van der Waals surface area contributed by atoms with Crippen LogP contribution in [0.5, 0.6) is 0 Å². The number of carbonyl (C=O) groups is 2. The molecule has 6 nitrogen and oxygen atoms in total. The predicted octanol–water partition coefficient (Wildman–Crippen LogP) is 3.50. The van der Waals surface area contributed by atoms with Gasteiger partial charge in [0.1, 0.15) is 0 Å². The van der Waals surface area contributed by atoms with Gasteiger partial charge in [-0.05, 0) is 25.3 Å². The summed E-state index contributed by atoms with van der Waals surface area (Å²) in [6.45, 7) is 7.80. The Morgan fingerprint density at radius 3 is 2.18 bits per heavy atom. The number of ether oxygens (including phenoxy) is 2. The van der Waals surface area contributed by atoms with Crippen LogP contribution in [0.1, 0.15) is 39.3 Å². The van der Waals surface area contributed by atoms with Gasteiger partial charge in [-0.2, -0.15) is 0 Å². The zero-order valence-electron chi connectivity index (χ0n) is 13.5. The molecule has 1 N–H and O–H groups in total. The molecule has 22 heavy (non-hydrogen) atoms. The van der Waals surface area contributed by atoms with Crippen LogP contribution < -0.4 is 5.43 Å². The molecule has 0 aliphatic rings. The highest BCUT2D eigenvalue weighted by molar-refractivity contribution is 5.74. The van der Waals surface area contributed by atoms with Gasteiger partial charge in [0.2, 0.25) is 0 Å². The Morgan fingerprint density at radius 1 is 1.09 bits per heavy atom. The minimum atomic E-state index is -0.683. The van der Waals surface area contributed by atoms with E-state index in [1.165, 1.54) is 5.01 Å². The number of nitrogens with zero attached hydrogens (tertiary/aromatic N) is 1. The second-order valence-corrected chi connectivity index (χ2v) is 5.00. The molecule has 0 radical (unpaired) electrons. The molecule has 0 spiro atoms. The summed E-state index contributed by atoms with van der Waals surface area (Å²) in [6, 6.07) is 9.13. The van der Waals surface area contributed by atoms with E-state index < -0.39 is 12.2 Å². The van der Waals surface area contributed by atoms with Gasteiger partial charge >= 0.3 is 12.2 Å². The number of carbonyl (C=O) groups excluding carboxylic acids is 2. The van der Waals surface area contributed by atoms with Crippen molar-refractivity contribution < 1.29 is 19.1 Å². The highest BCUT2D eigenvalue weighted by atomic mass is 16.6. The number of hydrogen-bond donors (Lipinski definition) is 1. The molecule has 0 aromatic heterocycles. The maximum Gasteiger partial charge on any atom is 0.429 e. The van der Waals surface area contributed by atoms with Gasteiger partial charge in [0.05, 0.1) is 19.3 Å². The fourth-order valence-corrected chi connectivity index (χ4v) is 2.17. The molecule has 0 bridgehead atoms. The van der Waals surface area contributed by atoms with Gasteiger partial charge in [0.25, 0.3) is 0 Å². The van der Waals surface area contributed by atoms with Gasteiger partial charge in [0, 0.05) is 0 Å². The molecule has 1 unspecified atom stereocenters. The van der Waals surface area contributed by atoms with Crippen molar-refractivity contribution in [2.24, 2.45) is 5.92 Å². The first-order valence-electron chi connectivity index (χ1n) is 7.45. The van der Waals surface area contributed by atoms with Gasteiger partial charge in [-0.25, -0.2) is 20.0 Å². The molecule has 1 aromatic rings. The van der Waals surface area contributed by atoms with Crippen LogP contribution in [-0.4, -0.2) is 30.4 Å². The maximum absolute atomic E-state index is 12.2. The van der Waals surface area contributed by atoms with E-state index in [9.17, 15) is 9.59 Å². The van der Waals surface area contributed by atoms with E-state index in [1.807, 2.05) is 44.2 Å². The Kier molecular flexibility index (Phi) is 7.22. The van der Waals surface area contributed by atoms with Gasteiger partial charge in [-0.15, -0.1) is 0 Å². The van der Waals surface area contributed by atoms with Crippen LogP contribution in [0.4, 0.5) is 9.59 Å². The highest BCUT2D eigenvalue weighted by Gasteiger charge is 2.31. The molecule has 0 heterocycles. The van der Waals surface area contributed by atoms with E-state index in [-0.39, 0.29) is 25.2 Å². The second-order valence-electron chi connectivity index (χ2n) is 5.00. The van der Waals surface area contributed by atoms with Crippen LogP contribution in [0.15, 0.2) is 30.3 Å². The molecule has 2 amide bonds. The molecule has 0 aliphatic heterocycles. The molecular formula is C16H24N2O4. The molecule has 122 valence electrons. The molecule has 1 aromatic carbocycles. The third-order valence-electron chi connectivity index (χ3n) is 3.00. The van der Waals surface area contributed by atoms with Crippen molar-refractivity contribution in [1.82, 2.24) is 10.4 Å².